The van der Waals surface area contributed by atoms with E-state index in [4.69, 9.17) is 10.8 Å². The van der Waals surface area contributed by atoms with Crippen molar-refractivity contribution in [3.63, 3.8) is 0 Å². The van der Waals surface area contributed by atoms with Gasteiger partial charge in [0.15, 0.2) is 0 Å². The molecule has 0 aliphatic heterocycles. The standard InChI is InChI=1S/C15H18N2O4/c1-10-4-2-3-5-11(10)6-9-14(19)17-12(15(20)21)7-8-13(16)18/h2-6,9,12H,7-8H2,1H3,(H2,16,18)(H,17,19)(H,20,21)/b9-6+/t12-/m1/s1. The van der Waals surface area contributed by atoms with E-state index < -0.39 is 23.8 Å². The lowest BCUT2D eigenvalue weighted by Crippen LogP contribution is -2.40. The summed E-state index contributed by atoms with van der Waals surface area (Å²) in [6.07, 6.45) is 2.74. The summed E-state index contributed by atoms with van der Waals surface area (Å²) in [5, 5.41) is 11.3. The molecule has 0 fully saturated rings. The van der Waals surface area contributed by atoms with Gasteiger partial charge in [-0.2, -0.15) is 0 Å². The largest absolute Gasteiger partial charge is 0.480 e. The van der Waals surface area contributed by atoms with Crippen LogP contribution in [0.3, 0.4) is 0 Å². The fourth-order valence-corrected chi connectivity index (χ4v) is 1.70. The lowest BCUT2D eigenvalue weighted by Gasteiger charge is -2.12. The monoisotopic (exact) mass is 290 g/mol. The summed E-state index contributed by atoms with van der Waals surface area (Å²) in [5.41, 5.74) is 6.84. The number of aryl methyl sites for hydroxylation is 1. The van der Waals surface area contributed by atoms with Gasteiger partial charge < -0.3 is 16.2 Å². The Hall–Kier alpha value is -2.63. The number of hydrogen-bond donors (Lipinski definition) is 3. The Balaban J connectivity index is 2.64. The Bertz CT molecular complexity index is 567. The molecule has 112 valence electrons. The normalized spacial score (nSPS) is 12.0. The number of nitrogens with one attached hydrogen (secondary N) is 1. The number of rotatable bonds is 7. The molecule has 21 heavy (non-hydrogen) atoms. The third-order valence-corrected chi connectivity index (χ3v) is 2.90. The summed E-state index contributed by atoms with van der Waals surface area (Å²) in [6.45, 7) is 1.91. The molecule has 1 aromatic rings. The van der Waals surface area contributed by atoms with E-state index in [2.05, 4.69) is 5.32 Å². The molecule has 6 nitrogen and oxygen atoms in total. The van der Waals surface area contributed by atoms with Gasteiger partial charge in [-0.3, -0.25) is 9.59 Å². The van der Waals surface area contributed by atoms with Crippen LogP contribution in [0.25, 0.3) is 6.08 Å². The number of carboxylic acid groups (broad SMARTS) is 1. The van der Waals surface area contributed by atoms with Crippen LogP contribution in [0, 0.1) is 6.92 Å². The lowest BCUT2D eigenvalue weighted by atomic mass is 10.1. The molecule has 0 heterocycles. The zero-order valence-corrected chi connectivity index (χ0v) is 11.7. The first-order valence-electron chi connectivity index (χ1n) is 6.45. The van der Waals surface area contributed by atoms with Crippen molar-refractivity contribution in [1.82, 2.24) is 5.32 Å². The number of amides is 2. The van der Waals surface area contributed by atoms with Crippen molar-refractivity contribution in [1.29, 1.82) is 0 Å². The highest BCUT2D eigenvalue weighted by Gasteiger charge is 2.19. The molecule has 0 aliphatic carbocycles. The maximum Gasteiger partial charge on any atom is 0.326 e. The summed E-state index contributed by atoms with van der Waals surface area (Å²) in [5.74, 6) is -2.34. The third kappa shape index (κ3) is 5.90. The van der Waals surface area contributed by atoms with E-state index in [1.54, 1.807) is 6.08 Å². The van der Waals surface area contributed by atoms with Crippen molar-refractivity contribution >= 4 is 23.9 Å². The van der Waals surface area contributed by atoms with Crippen LogP contribution in [0.5, 0.6) is 0 Å². The molecular formula is C15H18N2O4. The van der Waals surface area contributed by atoms with Gasteiger partial charge in [-0.05, 0) is 30.5 Å². The molecule has 0 aliphatic rings. The SMILES string of the molecule is Cc1ccccc1/C=C/C(=O)N[C@H](CCC(N)=O)C(=O)O. The molecule has 6 heteroatoms. The van der Waals surface area contributed by atoms with Crippen molar-refractivity contribution in [2.75, 3.05) is 0 Å². The van der Waals surface area contributed by atoms with E-state index in [0.29, 0.717) is 0 Å². The maximum atomic E-state index is 11.7. The van der Waals surface area contributed by atoms with Crippen LogP contribution in [0.1, 0.15) is 24.0 Å². The van der Waals surface area contributed by atoms with Gasteiger partial charge in [-0.1, -0.05) is 24.3 Å². The van der Waals surface area contributed by atoms with Crippen molar-refractivity contribution in [2.24, 2.45) is 5.73 Å². The van der Waals surface area contributed by atoms with Crippen molar-refractivity contribution in [3.05, 3.63) is 41.5 Å². The van der Waals surface area contributed by atoms with E-state index in [1.165, 1.54) is 6.08 Å². The summed E-state index contributed by atoms with van der Waals surface area (Å²) < 4.78 is 0. The minimum absolute atomic E-state index is 0.0331. The fraction of sp³-hybridized carbons (Fsp3) is 0.267. The van der Waals surface area contributed by atoms with Gasteiger partial charge in [0, 0.05) is 12.5 Å². The molecule has 0 saturated carbocycles. The Morgan fingerprint density at radius 2 is 2.00 bits per heavy atom. The third-order valence-electron chi connectivity index (χ3n) is 2.90. The molecule has 0 unspecified atom stereocenters. The first-order valence-corrected chi connectivity index (χ1v) is 6.45. The Morgan fingerprint density at radius 1 is 1.33 bits per heavy atom. The average Bonchev–Trinajstić information content (AvgIpc) is 2.42. The van der Waals surface area contributed by atoms with Gasteiger partial charge in [0.2, 0.25) is 11.8 Å². The molecule has 0 bridgehead atoms. The summed E-state index contributed by atoms with van der Waals surface area (Å²) in [4.78, 5) is 33.4. The van der Waals surface area contributed by atoms with Crippen molar-refractivity contribution in [3.8, 4) is 0 Å². The van der Waals surface area contributed by atoms with Gasteiger partial charge in [0.05, 0.1) is 0 Å². The lowest BCUT2D eigenvalue weighted by molar-refractivity contribution is -0.141. The van der Waals surface area contributed by atoms with Crippen molar-refractivity contribution < 1.29 is 19.5 Å². The topological polar surface area (TPSA) is 109 Å². The van der Waals surface area contributed by atoms with Gasteiger partial charge >= 0.3 is 5.97 Å². The summed E-state index contributed by atoms with van der Waals surface area (Å²) in [6, 6.07) is 6.35. The first-order chi connectivity index (χ1) is 9.90. The Labute approximate surface area is 122 Å². The number of carbonyl (C=O) groups is 3. The molecular weight excluding hydrogens is 272 g/mol. The first kappa shape index (κ1) is 16.4. The smallest absolute Gasteiger partial charge is 0.326 e. The van der Waals surface area contributed by atoms with Crippen LogP contribution in [0.15, 0.2) is 30.3 Å². The molecule has 4 N–H and O–H groups in total. The van der Waals surface area contributed by atoms with Gasteiger partial charge in [-0.15, -0.1) is 0 Å². The second kappa shape index (κ2) is 7.84. The quantitative estimate of drug-likeness (QED) is 0.646. The van der Waals surface area contributed by atoms with Crippen molar-refractivity contribution in [2.45, 2.75) is 25.8 Å². The van der Waals surface area contributed by atoms with Crippen LogP contribution < -0.4 is 11.1 Å². The number of benzene rings is 1. The maximum absolute atomic E-state index is 11.7. The highest BCUT2D eigenvalue weighted by atomic mass is 16.4. The molecule has 0 saturated heterocycles. The fourth-order valence-electron chi connectivity index (χ4n) is 1.70. The van der Waals surface area contributed by atoms with Crippen LogP contribution >= 0.6 is 0 Å². The van der Waals surface area contributed by atoms with E-state index in [-0.39, 0.29) is 12.8 Å². The summed E-state index contributed by atoms with van der Waals surface area (Å²) >= 11 is 0. The van der Waals surface area contributed by atoms with Crippen LogP contribution in [-0.4, -0.2) is 28.9 Å². The molecule has 0 radical (unpaired) electrons. The number of primary amides is 1. The van der Waals surface area contributed by atoms with Crippen LogP contribution in [0.4, 0.5) is 0 Å². The number of carbonyl (C=O) groups excluding carboxylic acids is 2. The highest BCUT2D eigenvalue weighted by molar-refractivity contribution is 5.94. The highest BCUT2D eigenvalue weighted by Crippen LogP contribution is 2.08. The molecule has 0 spiro atoms. The number of hydrogen-bond acceptors (Lipinski definition) is 3. The molecule has 2 amide bonds. The van der Waals surface area contributed by atoms with Gasteiger partial charge in [0.1, 0.15) is 6.04 Å². The zero-order valence-electron chi connectivity index (χ0n) is 11.7. The zero-order chi connectivity index (χ0) is 15.8. The minimum Gasteiger partial charge on any atom is -0.480 e. The van der Waals surface area contributed by atoms with Crippen LogP contribution in [0.2, 0.25) is 0 Å². The predicted molar refractivity (Wildman–Crippen MR) is 78.2 cm³/mol. The number of nitrogens with two attached hydrogens (primary N) is 1. The number of carboxylic acids is 1. The van der Waals surface area contributed by atoms with E-state index in [9.17, 15) is 14.4 Å². The molecule has 1 aromatic carbocycles. The molecule has 1 rings (SSSR count). The van der Waals surface area contributed by atoms with E-state index >= 15 is 0 Å². The summed E-state index contributed by atoms with van der Waals surface area (Å²) in [7, 11) is 0. The van der Waals surface area contributed by atoms with E-state index in [1.807, 2.05) is 31.2 Å². The second-order valence-electron chi connectivity index (χ2n) is 4.59. The molecule has 0 aromatic heterocycles. The van der Waals surface area contributed by atoms with Crippen LogP contribution in [-0.2, 0) is 14.4 Å². The van der Waals surface area contributed by atoms with Gasteiger partial charge in [-0.25, -0.2) is 4.79 Å². The van der Waals surface area contributed by atoms with E-state index in [0.717, 1.165) is 11.1 Å². The number of aliphatic carboxylic acids is 1. The predicted octanol–water partition coefficient (Wildman–Crippen LogP) is 0.843. The molecule has 1 atom stereocenters. The minimum atomic E-state index is -1.20. The Morgan fingerprint density at radius 3 is 2.57 bits per heavy atom. The average molecular weight is 290 g/mol. The second-order valence-corrected chi connectivity index (χ2v) is 4.59. The van der Waals surface area contributed by atoms with Gasteiger partial charge in [0.25, 0.3) is 0 Å². The Kier molecular flexibility index (Phi) is 6.13.